The molecule has 4 nitrogen and oxygen atoms in total. The van der Waals surface area contributed by atoms with Crippen molar-refractivity contribution in [3.63, 3.8) is 0 Å². The van der Waals surface area contributed by atoms with Crippen molar-refractivity contribution in [2.75, 3.05) is 20.2 Å². The molecule has 0 saturated carbocycles. The third kappa shape index (κ3) is 4.46. The van der Waals surface area contributed by atoms with Crippen LogP contribution in [0.5, 0.6) is 5.75 Å². The Morgan fingerprint density at radius 2 is 1.95 bits per heavy atom. The number of benzene rings is 1. The predicted molar refractivity (Wildman–Crippen MR) is 82.4 cm³/mol. The van der Waals surface area contributed by atoms with E-state index in [0.717, 1.165) is 25.1 Å². The van der Waals surface area contributed by atoms with Gasteiger partial charge in [-0.05, 0) is 57.9 Å². The highest BCUT2D eigenvalue weighted by molar-refractivity contribution is 5.72. The van der Waals surface area contributed by atoms with Gasteiger partial charge in [-0.1, -0.05) is 12.1 Å². The first-order chi connectivity index (χ1) is 9.89. The number of methoxy groups -OCH3 is 1. The van der Waals surface area contributed by atoms with Crippen molar-refractivity contribution in [1.29, 1.82) is 0 Å². The number of carbonyl (C=O) groups is 1. The Bertz CT molecular complexity index is 476. The van der Waals surface area contributed by atoms with E-state index in [9.17, 15) is 4.79 Å². The van der Waals surface area contributed by atoms with Crippen LogP contribution >= 0.6 is 0 Å². The summed E-state index contributed by atoms with van der Waals surface area (Å²) in [6.45, 7) is 6.99. The zero-order chi connectivity index (χ0) is 15.5. The van der Waals surface area contributed by atoms with Crippen molar-refractivity contribution in [1.82, 2.24) is 4.90 Å². The predicted octanol–water partition coefficient (Wildman–Crippen LogP) is 3.17. The Morgan fingerprint density at radius 3 is 2.52 bits per heavy atom. The molecule has 0 radical (unpaired) electrons. The third-order valence-electron chi connectivity index (χ3n) is 3.62. The Labute approximate surface area is 127 Å². The summed E-state index contributed by atoms with van der Waals surface area (Å²) in [6, 6.07) is 8.40. The minimum Gasteiger partial charge on any atom is -0.497 e. The molecule has 1 aromatic carbocycles. The first-order valence-electron chi connectivity index (χ1n) is 7.49. The quantitative estimate of drug-likeness (QED) is 0.799. The summed E-state index contributed by atoms with van der Waals surface area (Å²) in [5.41, 5.74) is 0.809. The van der Waals surface area contributed by atoms with Crippen LogP contribution in [0.2, 0.25) is 0 Å². The molecule has 0 N–H and O–H groups in total. The molecule has 1 saturated heterocycles. The van der Waals surface area contributed by atoms with E-state index >= 15 is 0 Å². The average Bonchev–Trinajstić information content (AvgIpc) is 2.84. The number of ether oxygens (including phenoxy) is 2. The molecule has 1 aliphatic rings. The number of nitrogens with zero attached hydrogens (tertiary/aromatic N) is 1. The van der Waals surface area contributed by atoms with Crippen LogP contribution in [-0.2, 0) is 9.53 Å². The second kappa shape index (κ2) is 6.48. The fraction of sp³-hybridized carbons (Fsp3) is 0.588. The molecule has 0 spiro atoms. The van der Waals surface area contributed by atoms with Crippen molar-refractivity contribution in [2.45, 2.75) is 45.3 Å². The monoisotopic (exact) mass is 291 g/mol. The number of esters is 1. The molecule has 4 heteroatoms. The fourth-order valence-electron chi connectivity index (χ4n) is 2.76. The Hall–Kier alpha value is -1.55. The fourth-order valence-corrected chi connectivity index (χ4v) is 2.76. The Balaban J connectivity index is 2.01. The van der Waals surface area contributed by atoms with Crippen LogP contribution in [0.4, 0.5) is 0 Å². The first-order valence-corrected chi connectivity index (χ1v) is 7.49. The third-order valence-corrected chi connectivity index (χ3v) is 3.62. The minimum atomic E-state index is -0.424. The van der Waals surface area contributed by atoms with Gasteiger partial charge in [-0.15, -0.1) is 0 Å². The zero-order valence-corrected chi connectivity index (χ0v) is 13.4. The van der Waals surface area contributed by atoms with E-state index in [1.165, 1.54) is 5.56 Å². The highest BCUT2D eigenvalue weighted by Gasteiger charge is 2.29. The molecule has 1 heterocycles. The van der Waals surface area contributed by atoms with Crippen LogP contribution in [0.15, 0.2) is 24.3 Å². The highest BCUT2D eigenvalue weighted by Crippen LogP contribution is 2.32. The molecule has 0 amide bonds. The molecule has 1 aromatic rings. The summed E-state index contributed by atoms with van der Waals surface area (Å²) in [4.78, 5) is 14.2. The molecule has 1 fully saturated rings. The van der Waals surface area contributed by atoms with Gasteiger partial charge in [0, 0.05) is 6.04 Å². The van der Waals surface area contributed by atoms with Crippen molar-refractivity contribution in [2.24, 2.45) is 0 Å². The van der Waals surface area contributed by atoms with Gasteiger partial charge >= 0.3 is 5.97 Å². The standard InChI is InChI=1S/C17H25NO3/c1-17(2,3)21-16(19)12-18-11-5-6-15(18)13-7-9-14(20-4)10-8-13/h7-10,15H,5-6,11-12H2,1-4H3. The van der Waals surface area contributed by atoms with Crippen LogP contribution in [0.3, 0.4) is 0 Å². The molecule has 0 bridgehead atoms. The summed E-state index contributed by atoms with van der Waals surface area (Å²) in [5, 5.41) is 0. The smallest absolute Gasteiger partial charge is 0.320 e. The van der Waals surface area contributed by atoms with E-state index in [-0.39, 0.29) is 5.97 Å². The van der Waals surface area contributed by atoms with Crippen LogP contribution < -0.4 is 4.74 Å². The van der Waals surface area contributed by atoms with Crippen LogP contribution in [0.25, 0.3) is 0 Å². The van der Waals surface area contributed by atoms with Crippen LogP contribution in [-0.4, -0.2) is 36.7 Å². The van der Waals surface area contributed by atoms with Gasteiger partial charge in [-0.25, -0.2) is 0 Å². The SMILES string of the molecule is COc1ccc(C2CCCN2CC(=O)OC(C)(C)C)cc1. The van der Waals surface area contributed by atoms with Gasteiger partial charge in [0.1, 0.15) is 11.4 Å². The van der Waals surface area contributed by atoms with Crippen LogP contribution in [0.1, 0.15) is 45.2 Å². The van der Waals surface area contributed by atoms with Gasteiger partial charge in [0.05, 0.1) is 13.7 Å². The summed E-state index contributed by atoms with van der Waals surface area (Å²) < 4.78 is 10.6. The summed E-state index contributed by atoms with van der Waals surface area (Å²) >= 11 is 0. The lowest BCUT2D eigenvalue weighted by Crippen LogP contribution is -2.34. The topological polar surface area (TPSA) is 38.8 Å². The van der Waals surface area contributed by atoms with Gasteiger partial charge in [0.25, 0.3) is 0 Å². The van der Waals surface area contributed by atoms with Crippen molar-refractivity contribution in [3.8, 4) is 5.75 Å². The number of likely N-dealkylation sites (tertiary alicyclic amines) is 1. The minimum absolute atomic E-state index is 0.150. The number of hydrogen-bond acceptors (Lipinski definition) is 4. The number of carbonyl (C=O) groups excluding carboxylic acids is 1. The van der Waals surface area contributed by atoms with Gasteiger partial charge < -0.3 is 9.47 Å². The molecule has 21 heavy (non-hydrogen) atoms. The zero-order valence-electron chi connectivity index (χ0n) is 13.4. The number of rotatable bonds is 4. The van der Waals surface area contributed by atoms with E-state index in [4.69, 9.17) is 9.47 Å². The summed E-state index contributed by atoms with van der Waals surface area (Å²) in [7, 11) is 1.67. The second-order valence-corrected chi connectivity index (χ2v) is 6.49. The number of hydrogen-bond donors (Lipinski definition) is 0. The van der Waals surface area contributed by atoms with Gasteiger partial charge in [-0.2, -0.15) is 0 Å². The van der Waals surface area contributed by atoms with Gasteiger partial charge in [-0.3, -0.25) is 9.69 Å². The average molecular weight is 291 g/mol. The maximum Gasteiger partial charge on any atom is 0.320 e. The molecular formula is C17H25NO3. The van der Waals surface area contributed by atoms with E-state index in [1.54, 1.807) is 7.11 Å². The summed E-state index contributed by atoms with van der Waals surface area (Å²) in [5.74, 6) is 0.707. The second-order valence-electron chi connectivity index (χ2n) is 6.49. The van der Waals surface area contributed by atoms with E-state index < -0.39 is 5.60 Å². The summed E-state index contributed by atoms with van der Waals surface area (Å²) in [6.07, 6.45) is 2.19. The first kappa shape index (κ1) is 15.8. The molecule has 1 atom stereocenters. The maximum absolute atomic E-state index is 12.0. The molecule has 0 aromatic heterocycles. The largest absolute Gasteiger partial charge is 0.497 e. The molecule has 1 aliphatic heterocycles. The van der Waals surface area contributed by atoms with Crippen molar-refractivity contribution >= 4 is 5.97 Å². The van der Waals surface area contributed by atoms with Crippen molar-refractivity contribution in [3.05, 3.63) is 29.8 Å². The Morgan fingerprint density at radius 1 is 1.29 bits per heavy atom. The molecule has 116 valence electrons. The van der Waals surface area contributed by atoms with Gasteiger partial charge in [0.15, 0.2) is 0 Å². The van der Waals surface area contributed by atoms with E-state index in [2.05, 4.69) is 17.0 Å². The normalized spacial score (nSPS) is 19.5. The van der Waals surface area contributed by atoms with E-state index in [0.29, 0.717) is 12.6 Å². The lowest BCUT2D eigenvalue weighted by molar-refractivity contribution is -0.156. The van der Waals surface area contributed by atoms with Crippen molar-refractivity contribution < 1.29 is 14.3 Å². The highest BCUT2D eigenvalue weighted by atomic mass is 16.6. The lowest BCUT2D eigenvalue weighted by atomic mass is 10.0. The Kier molecular flexibility index (Phi) is 4.88. The lowest BCUT2D eigenvalue weighted by Gasteiger charge is -2.26. The maximum atomic E-state index is 12.0. The van der Waals surface area contributed by atoms with E-state index in [1.807, 2.05) is 32.9 Å². The molecule has 2 rings (SSSR count). The van der Waals surface area contributed by atoms with Gasteiger partial charge in [0.2, 0.25) is 0 Å². The molecule has 0 aliphatic carbocycles. The van der Waals surface area contributed by atoms with Crippen LogP contribution in [0, 0.1) is 0 Å². The molecular weight excluding hydrogens is 266 g/mol. The molecule has 1 unspecified atom stereocenters.